The van der Waals surface area contributed by atoms with Gasteiger partial charge in [0.05, 0.1) is 23.6 Å². The predicted molar refractivity (Wildman–Crippen MR) is 98.5 cm³/mol. The number of halogens is 1. The van der Waals surface area contributed by atoms with E-state index in [0.717, 1.165) is 18.4 Å². The van der Waals surface area contributed by atoms with Crippen molar-refractivity contribution in [3.63, 3.8) is 0 Å². The third kappa shape index (κ3) is 3.78. The van der Waals surface area contributed by atoms with Gasteiger partial charge in [0.25, 0.3) is 0 Å². The summed E-state index contributed by atoms with van der Waals surface area (Å²) in [5.74, 6) is 0.876. The van der Waals surface area contributed by atoms with E-state index in [1.54, 1.807) is 6.07 Å². The Kier molecular flexibility index (Phi) is 4.71. The number of hydrogen-bond acceptors (Lipinski definition) is 4. The van der Waals surface area contributed by atoms with Gasteiger partial charge in [0.15, 0.2) is 0 Å². The Labute approximate surface area is 156 Å². The molecule has 1 fully saturated rings. The van der Waals surface area contributed by atoms with Crippen LogP contribution in [0.3, 0.4) is 0 Å². The van der Waals surface area contributed by atoms with Crippen LogP contribution in [0.25, 0.3) is 11.5 Å². The maximum Gasteiger partial charge on any atom is 0.249 e. The van der Waals surface area contributed by atoms with Crippen molar-refractivity contribution in [2.45, 2.75) is 31.8 Å². The van der Waals surface area contributed by atoms with Crippen LogP contribution in [0.1, 0.15) is 24.3 Å². The van der Waals surface area contributed by atoms with Gasteiger partial charge >= 0.3 is 0 Å². The largest absolute Gasteiger partial charge is 0.419 e. The predicted octanol–water partition coefficient (Wildman–Crippen LogP) is 4.12. The molecule has 132 valence electrons. The highest BCUT2D eigenvalue weighted by Crippen LogP contribution is 2.30. The Morgan fingerprint density at radius 2 is 1.81 bits per heavy atom. The molecule has 0 unspecified atom stereocenters. The second kappa shape index (κ2) is 7.30. The van der Waals surface area contributed by atoms with Crippen LogP contribution in [0.4, 0.5) is 0 Å². The minimum Gasteiger partial charge on any atom is -0.419 e. The zero-order valence-electron chi connectivity index (χ0n) is 14.1. The third-order valence-electron chi connectivity index (χ3n) is 4.38. The van der Waals surface area contributed by atoms with Crippen molar-refractivity contribution in [2.75, 3.05) is 0 Å². The number of carbonyl (C=O) groups excluding carboxylic acids is 1. The monoisotopic (exact) mass is 367 g/mol. The van der Waals surface area contributed by atoms with E-state index in [2.05, 4.69) is 10.2 Å². The SMILES string of the molecule is O=C(Cc1ccccc1)N(Cc1nnc(-c2ccccc2Cl)o1)C1CC1. The minimum absolute atomic E-state index is 0.0798. The van der Waals surface area contributed by atoms with Gasteiger partial charge in [-0.3, -0.25) is 4.79 Å². The molecular formula is C20H18ClN3O2. The maximum atomic E-state index is 12.7. The topological polar surface area (TPSA) is 59.2 Å². The Morgan fingerprint density at radius 3 is 2.54 bits per heavy atom. The van der Waals surface area contributed by atoms with Gasteiger partial charge in [-0.15, -0.1) is 10.2 Å². The number of rotatable bonds is 6. The van der Waals surface area contributed by atoms with E-state index >= 15 is 0 Å². The summed E-state index contributed by atoms with van der Waals surface area (Å²) in [5.41, 5.74) is 1.70. The van der Waals surface area contributed by atoms with Crippen LogP contribution in [-0.4, -0.2) is 27.0 Å². The highest BCUT2D eigenvalue weighted by Gasteiger charge is 2.33. The van der Waals surface area contributed by atoms with Crippen LogP contribution in [0.2, 0.25) is 5.02 Å². The minimum atomic E-state index is 0.0798. The van der Waals surface area contributed by atoms with Gasteiger partial charge in [-0.25, -0.2) is 0 Å². The molecule has 0 aliphatic heterocycles. The first-order valence-corrected chi connectivity index (χ1v) is 8.99. The highest BCUT2D eigenvalue weighted by molar-refractivity contribution is 6.33. The van der Waals surface area contributed by atoms with Gasteiger partial charge in [0.2, 0.25) is 17.7 Å². The Balaban J connectivity index is 1.49. The summed E-state index contributed by atoms with van der Waals surface area (Å²) >= 11 is 6.18. The van der Waals surface area contributed by atoms with Crippen molar-refractivity contribution in [2.24, 2.45) is 0 Å². The average molecular weight is 368 g/mol. The molecule has 6 heteroatoms. The molecule has 0 bridgehead atoms. The van der Waals surface area contributed by atoms with Crippen LogP contribution in [-0.2, 0) is 17.8 Å². The van der Waals surface area contributed by atoms with Gasteiger partial charge in [-0.1, -0.05) is 54.1 Å². The Hall–Kier alpha value is -2.66. The molecule has 1 heterocycles. The lowest BCUT2D eigenvalue weighted by Crippen LogP contribution is -2.33. The van der Waals surface area contributed by atoms with Crippen molar-refractivity contribution in [3.8, 4) is 11.5 Å². The summed E-state index contributed by atoms with van der Waals surface area (Å²) in [6.45, 7) is 0.327. The first kappa shape index (κ1) is 16.8. The van der Waals surface area contributed by atoms with Gasteiger partial charge in [-0.2, -0.15) is 0 Å². The summed E-state index contributed by atoms with van der Waals surface area (Å²) in [7, 11) is 0. The molecule has 1 aromatic heterocycles. The number of nitrogens with zero attached hydrogens (tertiary/aromatic N) is 3. The maximum absolute atomic E-state index is 12.7. The number of benzene rings is 2. The van der Waals surface area contributed by atoms with Gasteiger partial charge in [-0.05, 0) is 30.5 Å². The molecule has 3 aromatic rings. The second-order valence-electron chi connectivity index (χ2n) is 6.40. The summed E-state index contributed by atoms with van der Waals surface area (Å²) in [6.07, 6.45) is 2.42. The molecule has 1 aliphatic carbocycles. The standard InChI is InChI=1S/C20H18ClN3O2/c21-17-9-5-4-8-16(17)20-23-22-18(26-20)13-24(15-10-11-15)19(25)12-14-6-2-1-3-7-14/h1-9,15H,10-13H2. The molecule has 5 nitrogen and oxygen atoms in total. The highest BCUT2D eigenvalue weighted by atomic mass is 35.5. The average Bonchev–Trinajstić information content (AvgIpc) is 3.39. The number of amides is 1. The van der Waals surface area contributed by atoms with Crippen LogP contribution in [0.15, 0.2) is 59.0 Å². The van der Waals surface area contributed by atoms with Crippen LogP contribution < -0.4 is 0 Å². The lowest BCUT2D eigenvalue weighted by molar-refractivity contribution is -0.132. The van der Waals surface area contributed by atoms with Gasteiger partial charge in [0, 0.05) is 6.04 Å². The molecule has 0 atom stereocenters. The fourth-order valence-electron chi connectivity index (χ4n) is 2.89. The third-order valence-corrected chi connectivity index (χ3v) is 4.71. The van der Waals surface area contributed by atoms with Gasteiger partial charge < -0.3 is 9.32 Å². The molecular weight excluding hydrogens is 350 g/mol. The first-order chi connectivity index (χ1) is 12.7. The van der Waals surface area contributed by atoms with Gasteiger partial charge in [0.1, 0.15) is 0 Å². The second-order valence-corrected chi connectivity index (χ2v) is 6.80. The fraction of sp³-hybridized carbons (Fsp3) is 0.250. The quantitative estimate of drug-likeness (QED) is 0.657. The summed E-state index contributed by atoms with van der Waals surface area (Å²) in [5, 5.41) is 8.75. The number of hydrogen-bond donors (Lipinski definition) is 0. The molecule has 2 aromatic carbocycles. The van der Waals surface area contributed by atoms with E-state index in [4.69, 9.17) is 16.0 Å². The fourth-order valence-corrected chi connectivity index (χ4v) is 3.10. The van der Waals surface area contributed by atoms with Crippen LogP contribution in [0.5, 0.6) is 0 Å². The number of aromatic nitrogens is 2. The molecule has 1 saturated carbocycles. The molecule has 0 N–H and O–H groups in total. The van der Waals surface area contributed by atoms with Crippen LogP contribution >= 0.6 is 11.6 Å². The molecule has 26 heavy (non-hydrogen) atoms. The first-order valence-electron chi connectivity index (χ1n) is 8.61. The molecule has 1 amide bonds. The summed E-state index contributed by atoms with van der Waals surface area (Å²) in [6, 6.07) is 17.3. The van der Waals surface area contributed by atoms with Crippen molar-refractivity contribution in [1.82, 2.24) is 15.1 Å². The molecule has 1 aliphatic rings. The van der Waals surface area contributed by atoms with E-state index in [1.807, 2.05) is 53.4 Å². The summed E-state index contributed by atoms with van der Waals surface area (Å²) in [4.78, 5) is 14.6. The summed E-state index contributed by atoms with van der Waals surface area (Å²) < 4.78 is 5.76. The van der Waals surface area contributed by atoms with Crippen LogP contribution in [0, 0.1) is 0 Å². The van der Waals surface area contributed by atoms with E-state index in [0.29, 0.717) is 35.3 Å². The molecule has 4 rings (SSSR count). The zero-order valence-corrected chi connectivity index (χ0v) is 14.9. The van der Waals surface area contributed by atoms with Crippen molar-refractivity contribution in [1.29, 1.82) is 0 Å². The molecule has 0 spiro atoms. The molecule has 0 radical (unpaired) electrons. The Bertz CT molecular complexity index is 906. The smallest absolute Gasteiger partial charge is 0.249 e. The number of carbonyl (C=O) groups is 1. The van der Waals surface area contributed by atoms with Crippen molar-refractivity contribution in [3.05, 3.63) is 71.1 Å². The lowest BCUT2D eigenvalue weighted by atomic mass is 10.1. The normalized spacial score (nSPS) is 13.6. The van der Waals surface area contributed by atoms with Crippen molar-refractivity contribution >= 4 is 17.5 Å². The lowest BCUT2D eigenvalue weighted by Gasteiger charge is -2.20. The van der Waals surface area contributed by atoms with E-state index < -0.39 is 0 Å². The van der Waals surface area contributed by atoms with E-state index in [9.17, 15) is 4.79 Å². The molecule has 0 saturated heterocycles. The Morgan fingerprint density at radius 1 is 1.08 bits per heavy atom. The van der Waals surface area contributed by atoms with E-state index in [-0.39, 0.29) is 11.9 Å². The van der Waals surface area contributed by atoms with E-state index in [1.165, 1.54) is 0 Å². The zero-order chi connectivity index (χ0) is 17.9. The van der Waals surface area contributed by atoms with Crippen molar-refractivity contribution < 1.29 is 9.21 Å².